The Bertz CT molecular complexity index is 953. The van der Waals surface area contributed by atoms with Crippen molar-refractivity contribution in [3.8, 4) is 5.75 Å². The Morgan fingerprint density at radius 3 is 2.47 bits per heavy atom. The fourth-order valence-electron chi connectivity index (χ4n) is 2.99. The van der Waals surface area contributed by atoms with E-state index in [2.05, 4.69) is 15.6 Å². The topological polar surface area (TPSA) is 89.0 Å². The van der Waals surface area contributed by atoms with Crippen LogP contribution in [0.25, 0.3) is 0 Å². The Balaban J connectivity index is 0.00000512. The highest BCUT2D eigenvalue weighted by Gasteiger charge is 2.21. The lowest BCUT2D eigenvalue weighted by Crippen LogP contribution is -2.45. The molecule has 2 N–H and O–H groups in total. The summed E-state index contributed by atoms with van der Waals surface area (Å²) in [5, 5.41) is 6.49. The molecule has 0 radical (unpaired) electrons. The minimum Gasteiger partial charge on any atom is -0.491 e. The fourth-order valence-corrected chi connectivity index (χ4v) is 4.61. The van der Waals surface area contributed by atoms with E-state index in [1.54, 1.807) is 44.5 Å². The molecule has 1 atom stereocenters. The molecular weight excluding hydrogens is 541 g/mol. The summed E-state index contributed by atoms with van der Waals surface area (Å²) in [5.41, 5.74) is 2.09. The highest BCUT2D eigenvalue weighted by Crippen LogP contribution is 2.20. The van der Waals surface area contributed by atoms with Gasteiger partial charge in [-0.1, -0.05) is 37.3 Å². The molecule has 0 saturated heterocycles. The second-order valence-corrected chi connectivity index (χ2v) is 9.26. The van der Waals surface area contributed by atoms with E-state index in [9.17, 15) is 8.42 Å². The molecule has 32 heavy (non-hydrogen) atoms. The molecule has 0 spiro atoms. The van der Waals surface area contributed by atoms with E-state index in [4.69, 9.17) is 9.47 Å². The first-order chi connectivity index (χ1) is 14.9. The number of hydrogen-bond acceptors (Lipinski definition) is 5. The quantitative estimate of drug-likeness (QED) is 0.185. The van der Waals surface area contributed by atoms with Crippen molar-refractivity contribution >= 4 is 39.8 Å². The minimum absolute atomic E-state index is 0. The van der Waals surface area contributed by atoms with Crippen LogP contribution in [0.2, 0.25) is 0 Å². The third kappa shape index (κ3) is 8.95. The number of methoxy groups -OCH3 is 1. The van der Waals surface area contributed by atoms with Gasteiger partial charge in [0.05, 0.1) is 17.3 Å². The molecule has 9 heteroatoms. The van der Waals surface area contributed by atoms with Crippen molar-refractivity contribution in [2.45, 2.75) is 37.8 Å². The molecule has 178 valence electrons. The number of sulfone groups is 1. The molecule has 0 heterocycles. The lowest BCUT2D eigenvalue weighted by Gasteiger charge is -2.21. The Hall–Kier alpha value is -1.85. The first-order valence-corrected chi connectivity index (χ1v) is 12.0. The Kier molecular flexibility index (Phi) is 12.6. The van der Waals surface area contributed by atoms with Gasteiger partial charge >= 0.3 is 0 Å². The standard InChI is InChI=1S/C23H33N3O4S.HI/c1-5-20(17-31(27,28)21-9-7-6-8-10-21)26-23(24-3)25-16-19-12-11-18(2)15-22(19)30-14-13-29-4;/h6-12,15,20H,5,13-14,16-17H2,1-4H3,(H2,24,25,26);1H. The third-order valence-corrected chi connectivity index (χ3v) is 6.63. The molecule has 0 bridgehead atoms. The van der Waals surface area contributed by atoms with Gasteiger partial charge in [0.15, 0.2) is 15.8 Å². The first-order valence-electron chi connectivity index (χ1n) is 10.4. The molecule has 0 saturated carbocycles. The van der Waals surface area contributed by atoms with E-state index in [-0.39, 0.29) is 35.8 Å². The monoisotopic (exact) mass is 575 g/mol. The molecule has 0 aliphatic rings. The van der Waals surface area contributed by atoms with E-state index in [1.807, 2.05) is 32.0 Å². The van der Waals surface area contributed by atoms with Crippen molar-refractivity contribution in [2.75, 3.05) is 33.1 Å². The highest BCUT2D eigenvalue weighted by atomic mass is 127. The lowest BCUT2D eigenvalue weighted by molar-refractivity contribution is 0.145. The molecule has 0 aliphatic carbocycles. The van der Waals surface area contributed by atoms with Crippen molar-refractivity contribution in [2.24, 2.45) is 4.99 Å². The number of halogens is 1. The van der Waals surface area contributed by atoms with Crippen LogP contribution >= 0.6 is 24.0 Å². The van der Waals surface area contributed by atoms with Crippen molar-refractivity contribution < 1.29 is 17.9 Å². The molecular formula is C23H34IN3O4S. The SMILES string of the molecule is CCC(CS(=O)(=O)c1ccccc1)NC(=NC)NCc1ccc(C)cc1OCCOC.I. The molecule has 1 unspecified atom stereocenters. The summed E-state index contributed by atoms with van der Waals surface area (Å²) in [4.78, 5) is 4.58. The van der Waals surface area contributed by atoms with Crippen LogP contribution in [0.4, 0.5) is 0 Å². The van der Waals surface area contributed by atoms with Crippen molar-refractivity contribution in [3.05, 3.63) is 59.7 Å². The Labute approximate surface area is 208 Å². The van der Waals surface area contributed by atoms with Gasteiger partial charge in [0.2, 0.25) is 0 Å². The largest absolute Gasteiger partial charge is 0.491 e. The summed E-state index contributed by atoms with van der Waals surface area (Å²) in [6.45, 7) is 5.44. The van der Waals surface area contributed by atoms with Gasteiger partial charge in [-0.2, -0.15) is 0 Å². The number of ether oxygens (including phenoxy) is 2. The molecule has 0 aromatic heterocycles. The van der Waals surface area contributed by atoms with Crippen molar-refractivity contribution in [1.29, 1.82) is 0 Å². The predicted molar refractivity (Wildman–Crippen MR) is 140 cm³/mol. The van der Waals surface area contributed by atoms with Gasteiger partial charge in [-0.3, -0.25) is 4.99 Å². The molecule has 7 nitrogen and oxygen atoms in total. The fraction of sp³-hybridized carbons (Fsp3) is 0.435. The zero-order valence-electron chi connectivity index (χ0n) is 19.1. The number of guanidine groups is 1. The number of benzene rings is 2. The van der Waals surface area contributed by atoms with Gasteiger partial charge in [0.25, 0.3) is 0 Å². The van der Waals surface area contributed by atoms with Gasteiger partial charge in [-0.15, -0.1) is 24.0 Å². The number of nitrogens with zero attached hydrogens (tertiary/aromatic N) is 1. The Morgan fingerprint density at radius 1 is 1.12 bits per heavy atom. The van der Waals surface area contributed by atoms with Crippen LogP contribution in [0.3, 0.4) is 0 Å². The average molecular weight is 576 g/mol. The van der Waals surface area contributed by atoms with E-state index in [0.29, 0.717) is 37.0 Å². The molecule has 2 aromatic carbocycles. The van der Waals surface area contributed by atoms with E-state index in [0.717, 1.165) is 16.9 Å². The summed E-state index contributed by atoms with van der Waals surface area (Å²) in [5.74, 6) is 1.32. The van der Waals surface area contributed by atoms with Gasteiger partial charge in [0, 0.05) is 32.3 Å². The summed E-state index contributed by atoms with van der Waals surface area (Å²) in [6.07, 6.45) is 0.642. The van der Waals surface area contributed by atoms with Gasteiger partial charge in [-0.05, 0) is 37.1 Å². The summed E-state index contributed by atoms with van der Waals surface area (Å²) in [6, 6.07) is 14.3. The number of aryl methyl sites for hydroxylation is 1. The number of aliphatic imine (C=N–C) groups is 1. The predicted octanol–water partition coefficient (Wildman–Crippen LogP) is 3.56. The van der Waals surface area contributed by atoms with Crippen LogP contribution in [0.5, 0.6) is 5.75 Å². The van der Waals surface area contributed by atoms with Crippen LogP contribution in [-0.4, -0.2) is 53.5 Å². The Morgan fingerprint density at radius 2 is 1.84 bits per heavy atom. The minimum atomic E-state index is -3.39. The normalized spacial score (nSPS) is 12.6. The number of nitrogens with one attached hydrogen (secondary N) is 2. The van der Waals surface area contributed by atoms with Gasteiger partial charge in [0.1, 0.15) is 12.4 Å². The number of rotatable bonds is 11. The van der Waals surface area contributed by atoms with Crippen molar-refractivity contribution in [1.82, 2.24) is 10.6 Å². The van der Waals surface area contributed by atoms with Crippen LogP contribution < -0.4 is 15.4 Å². The molecule has 2 rings (SSSR count). The first kappa shape index (κ1) is 28.2. The maximum Gasteiger partial charge on any atom is 0.191 e. The summed E-state index contributed by atoms with van der Waals surface area (Å²) < 4.78 is 36.3. The third-order valence-electron chi connectivity index (χ3n) is 4.79. The summed E-state index contributed by atoms with van der Waals surface area (Å²) >= 11 is 0. The molecule has 0 fully saturated rings. The molecule has 2 aromatic rings. The van der Waals surface area contributed by atoms with E-state index < -0.39 is 9.84 Å². The zero-order valence-corrected chi connectivity index (χ0v) is 22.3. The molecule has 0 aliphatic heterocycles. The van der Waals surface area contributed by atoms with Crippen LogP contribution in [0.15, 0.2) is 58.4 Å². The van der Waals surface area contributed by atoms with Crippen LogP contribution in [0.1, 0.15) is 24.5 Å². The van der Waals surface area contributed by atoms with Gasteiger partial charge in [-0.25, -0.2) is 8.42 Å². The highest BCUT2D eigenvalue weighted by molar-refractivity contribution is 14.0. The smallest absolute Gasteiger partial charge is 0.191 e. The van der Waals surface area contributed by atoms with Crippen LogP contribution in [-0.2, 0) is 21.1 Å². The lowest BCUT2D eigenvalue weighted by atomic mass is 10.1. The van der Waals surface area contributed by atoms with E-state index >= 15 is 0 Å². The maximum atomic E-state index is 12.7. The second-order valence-electron chi connectivity index (χ2n) is 7.22. The number of hydrogen-bond donors (Lipinski definition) is 2. The average Bonchev–Trinajstić information content (AvgIpc) is 2.77. The van der Waals surface area contributed by atoms with Crippen molar-refractivity contribution in [3.63, 3.8) is 0 Å². The molecule has 0 amide bonds. The van der Waals surface area contributed by atoms with Crippen LogP contribution in [0, 0.1) is 6.92 Å². The van der Waals surface area contributed by atoms with Gasteiger partial charge < -0.3 is 20.1 Å². The summed E-state index contributed by atoms with van der Waals surface area (Å²) in [7, 11) is -0.0897. The zero-order chi connectivity index (χ0) is 22.7. The second kappa shape index (κ2) is 14.3. The maximum absolute atomic E-state index is 12.7. The van der Waals surface area contributed by atoms with E-state index in [1.165, 1.54) is 0 Å².